The van der Waals surface area contributed by atoms with Crippen molar-refractivity contribution in [1.82, 2.24) is 16.0 Å². The lowest BCUT2D eigenvalue weighted by Gasteiger charge is -2.26. The number of ketones is 1. The average Bonchev–Trinajstić information content (AvgIpc) is 3.46. The molecule has 1 aromatic rings. The summed E-state index contributed by atoms with van der Waals surface area (Å²) in [5.74, 6) is -1.24. The predicted molar refractivity (Wildman–Crippen MR) is 138 cm³/mol. The Kier molecular flexibility index (Phi) is 10.6. The minimum absolute atomic E-state index is 0.112. The van der Waals surface area contributed by atoms with Gasteiger partial charge in [0.2, 0.25) is 11.8 Å². The van der Waals surface area contributed by atoms with Gasteiger partial charge in [0.1, 0.15) is 12.1 Å². The van der Waals surface area contributed by atoms with Crippen LogP contribution < -0.4 is 16.0 Å². The van der Waals surface area contributed by atoms with Crippen molar-refractivity contribution in [1.29, 1.82) is 0 Å². The molecule has 0 bridgehead atoms. The van der Waals surface area contributed by atoms with E-state index in [1.165, 1.54) is 5.56 Å². The van der Waals surface area contributed by atoms with Crippen LogP contribution in [0.5, 0.6) is 0 Å². The van der Waals surface area contributed by atoms with E-state index in [0.717, 1.165) is 25.7 Å². The molecule has 4 unspecified atom stereocenters. The van der Waals surface area contributed by atoms with Gasteiger partial charge in [0, 0.05) is 18.4 Å². The monoisotopic (exact) mass is 519 g/mol. The van der Waals surface area contributed by atoms with E-state index in [1.54, 1.807) is 0 Å². The van der Waals surface area contributed by atoms with Gasteiger partial charge in [0.25, 0.3) is 0 Å². The molecule has 2 fully saturated rings. The van der Waals surface area contributed by atoms with Crippen molar-refractivity contribution in [2.24, 2.45) is 17.8 Å². The van der Waals surface area contributed by atoms with Gasteiger partial charge in [-0.05, 0) is 56.4 Å². The minimum atomic E-state index is -0.888. The molecule has 3 N–H and O–H groups in total. The van der Waals surface area contributed by atoms with Crippen LogP contribution in [0.2, 0.25) is 0 Å². The van der Waals surface area contributed by atoms with Gasteiger partial charge < -0.3 is 20.7 Å². The molecular weight excluding hydrogens is 482 g/mol. The Balaban J connectivity index is 1.60. The lowest BCUT2D eigenvalue weighted by Crippen LogP contribution is -2.53. The van der Waals surface area contributed by atoms with E-state index in [9.17, 15) is 19.2 Å². The van der Waals surface area contributed by atoms with E-state index >= 15 is 0 Å². The summed E-state index contributed by atoms with van der Waals surface area (Å²) in [7, 11) is 0. The van der Waals surface area contributed by atoms with Crippen LogP contribution >= 0.6 is 11.6 Å². The molecule has 1 aliphatic heterocycles. The number of amides is 3. The number of rotatable bonds is 12. The Morgan fingerprint density at radius 2 is 1.83 bits per heavy atom. The molecule has 0 radical (unpaired) electrons. The van der Waals surface area contributed by atoms with Gasteiger partial charge in [0.05, 0.1) is 11.9 Å². The summed E-state index contributed by atoms with van der Waals surface area (Å²) < 4.78 is 5.78. The minimum Gasteiger partial charge on any atom is -0.446 e. The van der Waals surface area contributed by atoms with Crippen molar-refractivity contribution < 1.29 is 23.9 Å². The molecule has 0 spiro atoms. The molecule has 1 aliphatic carbocycles. The first-order valence-corrected chi connectivity index (χ1v) is 13.5. The summed E-state index contributed by atoms with van der Waals surface area (Å²) in [5.41, 5.74) is 1.21. The van der Waals surface area contributed by atoms with Crippen molar-refractivity contribution in [3.05, 3.63) is 35.9 Å². The first kappa shape index (κ1) is 28.0. The highest BCUT2D eigenvalue weighted by Gasteiger charge is 2.34. The lowest BCUT2D eigenvalue weighted by molar-refractivity contribution is -0.129. The van der Waals surface area contributed by atoms with Crippen molar-refractivity contribution in [3.8, 4) is 0 Å². The van der Waals surface area contributed by atoms with Gasteiger partial charge in [-0.15, -0.1) is 11.6 Å². The molecule has 1 saturated heterocycles. The van der Waals surface area contributed by atoms with Crippen molar-refractivity contribution >= 4 is 35.3 Å². The molecule has 2 aliphatic rings. The van der Waals surface area contributed by atoms with Gasteiger partial charge in [-0.25, -0.2) is 4.79 Å². The predicted octanol–water partition coefficient (Wildman–Crippen LogP) is 3.36. The number of alkyl carbamates (subject to hydrolysis) is 1. The molecule has 1 heterocycles. The summed E-state index contributed by atoms with van der Waals surface area (Å²) >= 11 is 5.78. The van der Waals surface area contributed by atoms with Crippen molar-refractivity contribution in [2.75, 3.05) is 12.4 Å². The third kappa shape index (κ3) is 8.22. The van der Waals surface area contributed by atoms with Gasteiger partial charge in [-0.1, -0.05) is 44.2 Å². The first-order chi connectivity index (χ1) is 17.3. The zero-order valence-electron chi connectivity index (χ0n) is 21.1. The van der Waals surface area contributed by atoms with Crippen LogP contribution in [-0.4, -0.2) is 54.3 Å². The number of ether oxygens (including phenoxy) is 1. The number of Topliss-reactive ketones (excluding diaryl/α,β-unsaturated/α-hetero) is 1. The maximum absolute atomic E-state index is 13.2. The molecule has 1 saturated carbocycles. The molecule has 3 rings (SSSR count). The molecule has 0 aromatic heterocycles. The second kappa shape index (κ2) is 13.6. The summed E-state index contributed by atoms with van der Waals surface area (Å²) in [6, 6.07) is 8.38. The Labute approximate surface area is 218 Å². The quantitative estimate of drug-likeness (QED) is 0.366. The number of hydrogen-bond acceptors (Lipinski definition) is 5. The standard InChI is InChI=1S/C27H38ClN3O5/c1-17(2)13-22(26(34)30-21(23(32)16-28)15-20-11-12-29-25(20)33)31-27(35)36-24-10-6-9-19(24)14-18-7-4-3-5-8-18/h3-5,7-8,17,19-22,24H,6,9-16H2,1-2H3,(H,29,33)(H,30,34)(H,31,35)/t19?,20-,21?,22?,24?/m0/s1. The molecule has 3 amide bonds. The largest absolute Gasteiger partial charge is 0.446 e. The number of alkyl halides is 1. The van der Waals surface area contributed by atoms with Crippen LogP contribution in [0.4, 0.5) is 4.79 Å². The van der Waals surface area contributed by atoms with E-state index in [1.807, 2.05) is 32.0 Å². The maximum Gasteiger partial charge on any atom is 0.408 e. The molecule has 5 atom stereocenters. The number of halogens is 1. The van der Waals surface area contributed by atoms with E-state index in [2.05, 4.69) is 28.1 Å². The maximum atomic E-state index is 13.2. The van der Waals surface area contributed by atoms with E-state index in [4.69, 9.17) is 16.3 Å². The summed E-state index contributed by atoms with van der Waals surface area (Å²) in [5, 5.41) is 8.21. The highest BCUT2D eigenvalue weighted by Crippen LogP contribution is 2.31. The van der Waals surface area contributed by atoms with Gasteiger partial charge in [-0.2, -0.15) is 0 Å². The number of benzene rings is 1. The second-order valence-corrected chi connectivity index (χ2v) is 10.6. The number of carbonyl (C=O) groups excluding carboxylic acids is 4. The van der Waals surface area contributed by atoms with E-state index < -0.39 is 24.1 Å². The third-order valence-corrected chi connectivity index (χ3v) is 7.29. The summed E-state index contributed by atoms with van der Waals surface area (Å²) in [6.45, 7) is 4.45. The molecule has 1 aromatic carbocycles. The highest BCUT2D eigenvalue weighted by atomic mass is 35.5. The van der Waals surface area contributed by atoms with Crippen LogP contribution in [-0.2, 0) is 25.5 Å². The number of carbonyl (C=O) groups is 4. The third-order valence-electron chi connectivity index (χ3n) is 7.02. The van der Waals surface area contributed by atoms with Crippen LogP contribution in [0, 0.1) is 17.8 Å². The lowest BCUT2D eigenvalue weighted by atomic mass is 9.95. The molecule has 9 heteroatoms. The zero-order chi connectivity index (χ0) is 26.1. The Hall–Kier alpha value is -2.61. The Morgan fingerprint density at radius 1 is 1.08 bits per heavy atom. The first-order valence-electron chi connectivity index (χ1n) is 12.9. The fraction of sp³-hybridized carbons (Fsp3) is 0.630. The number of hydrogen-bond donors (Lipinski definition) is 3. The van der Waals surface area contributed by atoms with Gasteiger partial charge >= 0.3 is 6.09 Å². The van der Waals surface area contributed by atoms with Crippen molar-refractivity contribution in [3.63, 3.8) is 0 Å². The Bertz CT molecular complexity index is 910. The smallest absolute Gasteiger partial charge is 0.408 e. The Morgan fingerprint density at radius 3 is 2.47 bits per heavy atom. The van der Waals surface area contributed by atoms with E-state index in [0.29, 0.717) is 19.4 Å². The topological polar surface area (TPSA) is 114 Å². The highest BCUT2D eigenvalue weighted by molar-refractivity contribution is 6.28. The van der Waals surface area contributed by atoms with Crippen LogP contribution in [0.15, 0.2) is 30.3 Å². The normalized spacial score (nSPS) is 23.1. The molecule has 198 valence electrons. The fourth-order valence-electron chi connectivity index (χ4n) is 5.12. The number of nitrogens with one attached hydrogen (secondary N) is 3. The SMILES string of the molecule is CC(C)CC(NC(=O)OC1CCCC1Cc1ccccc1)C(=O)NC(C[C@@H]1CCNC1=O)C(=O)CCl. The van der Waals surface area contributed by atoms with Gasteiger partial charge in [-0.3, -0.25) is 14.4 Å². The summed E-state index contributed by atoms with van der Waals surface area (Å²) in [4.78, 5) is 50.4. The van der Waals surface area contributed by atoms with Crippen LogP contribution in [0.3, 0.4) is 0 Å². The average molecular weight is 520 g/mol. The molecule has 8 nitrogen and oxygen atoms in total. The van der Waals surface area contributed by atoms with Gasteiger partial charge in [0.15, 0.2) is 5.78 Å². The van der Waals surface area contributed by atoms with Crippen LogP contribution in [0.1, 0.15) is 57.9 Å². The fourth-order valence-corrected chi connectivity index (χ4v) is 5.30. The van der Waals surface area contributed by atoms with Crippen molar-refractivity contribution in [2.45, 2.75) is 77.0 Å². The molecule has 36 heavy (non-hydrogen) atoms. The summed E-state index contributed by atoms with van der Waals surface area (Å²) in [6.07, 6.45) is 3.94. The zero-order valence-corrected chi connectivity index (χ0v) is 21.9. The van der Waals surface area contributed by atoms with E-state index in [-0.39, 0.29) is 47.8 Å². The van der Waals surface area contributed by atoms with Crippen LogP contribution in [0.25, 0.3) is 0 Å². The molecular formula is C27H38ClN3O5. The second-order valence-electron chi connectivity index (χ2n) is 10.3.